The average Bonchev–Trinajstić information content (AvgIpc) is 2.70. The zero-order valence-corrected chi connectivity index (χ0v) is 18.3. The highest BCUT2D eigenvalue weighted by Gasteiger charge is 2.29. The Kier molecular flexibility index (Phi) is 6.48. The maximum absolute atomic E-state index is 12.2. The van der Waals surface area contributed by atoms with Crippen LogP contribution in [0.1, 0.15) is 31.2 Å². The van der Waals surface area contributed by atoms with Crippen molar-refractivity contribution in [1.29, 1.82) is 0 Å². The summed E-state index contributed by atoms with van der Waals surface area (Å²) < 4.78 is 16.6. The Bertz CT molecular complexity index is 1100. The van der Waals surface area contributed by atoms with Gasteiger partial charge in [-0.25, -0.2) is 4.79 Å². The number of carboxylic acid groups (broad SMARTS) is 1. The van der Waals surface area contributed by atoms with Gasteiger partial charge in [-0.1, -0.05) is 17.7 Å². The molecule has 6 nitrogen and oxygen atoms in total. The van der Waals surface area contributed by atoms with Gasteiger partial charge in [-0.15, -0.1) is 0 Å². The van der Waals surface area contributed by atoms with E-state index in [1.165, 1.54) is 0 Å². The second-order valence-corrected chi connectivity index (χ2v) is 7.56. The summed E-state index contributed by atoms with van der Waals surface area (Å²) in [4.78, 5) is 16.8. The molecular formula is C23H24ClNO5. The fraction of sp³-hybridized carbons (Fsp3) is 0.304. The summed E-state index contributed by atoms with van der Waals surface area (Å²) in [6.07, 6.45) is -1.48. The number of aryl methyl sites for hydroxylation is 1. The van der Waals surface area contributed by atoms with E-state index in [-0.39, 0.29) is 6.10 Å². The van der Waals surface area contributed by atoms with Crippen molar-refractivity contribution >= 4 is 28.5 Å². The number of pyridine rings is 1. The number of fused-ring (bicyclic) bond motifs is 1. The van der Waals surface area contributed by atoms with Crippen LogP contribution in [0.2, 0.25) is 5.02 Å². The Morgan fingerprint density at radius 1 is 1.07 bits per heavy atom. The van der Waals surface area contributed by atoms with Crippen molar-refractivity contribution in [1.82, 2.24) is 4.98 Å². The lowest BCUT2D eigenvalue weighted by Crippen LogP contribution is -2.21. The van der Waals surface area contributed by atoms with Crippen LogP contribution in [-0.4, -0.2) is 36.4 Å². The zero-order valence-electron chi connectivity index (χ0n) is 17.5. The van der Waals surface area contributed by atoms with E-state index in [1.54, 1.807) is 53.2 Å². The Morgan fingerprint density at radius 2 is 1.77 bits per heavy atom. The minimum absolute atomic E-state index is 0.293. The molecule has 0 radical (unpaired) electrons. The van der Waals surface area contributed by atoms with Gasteiger partial charge in [0.15, 0.2) is 17.6 Å². The molecule has 0 aliphatic rings. The lowest BCUT2D eigenvalue weighted by atomic mass is 9.91. The molecule has 1 N–H and O–H groups in total. The number of benzene rings is 2. The number of hydrogen-bond acceptors (Lipinski definition) is 5. The van der Waals surface area contributed by atoms with E-state index >= 15 is 0 Å². The van der Waals surface area contributed by atoms with Crippen LogP contribution in [0.5, 0.6) is 11.5 Å². The molecule has 1 unspecified atom stereocenters. The van der Waals surface area contributed by atoms with Gasteiger partial charge in [0.2, 0.25) is 0 Å². The van der Waals surface area contributed by atoms with Crippen LogP contribution in [0.15, 0.2) is 36.4 Å². The molecule has 3 rings (SSSR count). The number of aliphatic carboxylic acids is 1. The highest BCUT2D eigenvalue weighted by molar-refractivity contribution is 6.31. The molecule has 1 aromatic heterocycles. The topological polar surface area (TPSA) is 77.9 Å². The van der Waals surface area contributed by atoms with E-state index in [2.05, 4.69) is 4.98 Å². The van der Waals surface area contributed by atoms with E-state index in [9.17, 15) is 9.90 Å². The van der Waals surface area contributed by atoms with Crippen LogP contribution in [0.3, 0.4) is 0 Å². The molecule has 0 bridgehead atoms. The van der Waals surface area contributed by atoms with E-state index in [0.717, 1.165) is 10.9 Å². The fourth-order valence-electron chi connectivity index (χ4n) is 3.52. The van der Waals surface area contributed by atoms with Crippen molar-refractivity contribution in [3.8, 4) is 22.6 Å². The van der Waals surface area contributed by atoms with Crippen molar-refractivity contribution < 1.29 is 24.1 Å². The van der Waals surface area contributed by atoms with Gasteiger partial charge in [0, 0.05) is 21.7 Å². The Balaban J connectivity index is 2.42. The Hall–Kier alpha value is -2.83. The van der Waals surface area contributed by atoms with Crippen LogP contribution in [-0.2, 0) is 9.53 Å². The third-order valence-electron chi connectivity index (χ3n) is 4.74. The molecule has 158 valence electrons. The van der Waals surface area contributed by atoms with Gasteiger partial charge in [-0.3, -0.25) is 4.98 Å². The largest absolute Gasteiger partial charge is 0.493 e. The van der Waals surface area contributed by atoms with E-state index in [4.69, 9.17) is 25.8 Å². The fourth-order valence-corrected chi connectivity index (χ4v) is 3.69. The minimum atomic E-state index is -1.19. The standard InChI is InChI=1S/C23H24ClNO5/c1-12(2)30-22(23(26)27)20-13(3)25-17-8-7-15(24)11-16(17)21(20)14-6-9-18(28-4)19(10-14)29-5/h6-12,22H,1-5H3,(H,26,27). The van der Waals surface area contributed by atoms with Crippen molar-refractivity contribution in [2.45, 2.75) is 33.0 Å². The van der Waals surface area contributed by atoms with Gasteiger partial charge in [0.25, 0.3) is 0 Å². The molecular weight excluding hydrogens is 406 g/mol. The first-order chi connectivity index (χ1) is 14.3. The quantitative estimate of drug-likeness (QED) is 0.539. The molecule has 0 aliphatic carbocycles. The monoisotopic (exact) mass is 429 g/mol. The van der Waals surface area contributed by atoms with Gasteiger partial charge < -0.3 is 19.3 Å². The van der Waals surface area contributed by atoms with Crippen molar-refractivity contribution in [2.75, 3.05) is 14.2 Å². The molecule has 3 aromatic rings. The molecule has 0 saturated carbocycles. The molecule has 0 aliphatic heterocycles. The predicted molar refractivity (Wildman–Crippen MR) is 117 cm³/mol. The number of halogens is 1. The minimum Gasteiger partial charge on any atom is -0.493 e. The first kappa shape index (κ1) is 21.9. The molecule has 0 spiro atoms. The summed E-state index contributed by atoms with van der Waals surface area (Å²) >= 11 is 6.28. The molecule has 30 heavy (non-hydrogen) atoms. The molecule has 0 saturated heterocycles. The highest BCUT2D eigenvalue weighted by Crippen LogP contribution is 2.41. The maximum Gasteiger partial charge on any atom is 0.337 e. The van der Waals surface area contributed by atoms with Crippen LogP contribution in [0, 0.1) is 6.92 Å². The van der Waals surface area contributed by atoms with Gasteiger partial charge >= 0.3 is 5.97 Å². The highest BCUT2D eigenvalue weighted by atomic mass is 35.5. The predicted octanol–water partition coefficient (Wildman–Crippen LogP) is 5.43. The number of hydrogen-bond donors (Lipinski definition) is 1. The number of methoxy groups -OCH3 is 2. The first-order valence-corrected chi connectivity index (χ1v) is 9.85. The molecule has 2 aromatic carbocycles. The van der Waals surface area contributed by atoms with Crippen LogP contribution in [0.4, 0.5) is 0 Å². The summed E-state index contributed by atoms with van der Waals surface area (Å²) in [5.74, 6) is 0.0167. The number of rotatable bonds is 7. The summed E-state index contributed by atoms with van der Waals surface area (Å²) in [7, 11) is 3.11. The first-order valence-electron chi connectivity index (χ1n) is 9.47. The smallest absolute Gasteiger partial charge is 0.337 e. The summed E-state index contributed by atoms with van der Waals surface area (Å²) in [6, 6.07) is 10.8. The third-order valence-corrected chi connectivity index (χ3v) is 4.98. The van der Waals surface area contributed by atoms with Crippen molar-refractivity contribution in [2.24, 2.45) is 0 Å². The number of carbonyl (C=O) groups is 1. The summed E-state index contributed by atoms with van der Waals surface area (Å²) in [5, 5.41) is 11.2. The van der Waals surface area contributed by atoms with Crippen LogP contribution >= 0.6 is 11.6 Å². The van der Waals surface area contributed by atoms with Gasteiger partial charge in [0.05, 0.1) is 25.8 Å². The SMILES string of the molecule is COc1ccc(-c2c(C(OC(C)C)C(=O)O)c(C)nc3ccc(Cl)cc23)cc1OC. The van der Waals surface area contributed by atoms with Crippen molar-refractivity contribution in [3.63, 3.8) is 0 Å². The van der Waals surface area contributed by atoms with E-state index < -0.39 is 12.1 Å². The van der Waals surface area contributed by atoms with Crippen LogP contribution in [0.25, 0.3) is 22.0 Å². The Labute approximate surface area is 180 Å². The second-order valence-electron chi connectivity index (χ2n) is 7.12. The molecule has 0 fully saturated rings. The summed E-state index contributed by atoms with van der Waals surface area (Å²) in [5.41, 5.74) is 3.20. The van der Waals surface area contributed by atoms with Crippen molar-refractivity contribution in [3.05, 3.63) is 52.7 Å². The average molecular weight is 430 g/mol. The lowest BCUT2D eigenvalue weighted by molar-refractivity contribution is -0.153. The van der Waals surface area contributed by atoms with E-state index in [1.807, 2.05) is 18.2 Å². The van der Waals surface area contributed by atoms with Gasteiger partial charge in [0.1, 0.15) is 0 Å². The molecule has 1 atom stereocenters. The second kappa shape index (κ2) is 8.90. The van der Waals surface area contributed by atoms with Gasteiger partial charge in [-0.05, 0) is 62.2 Å². The normalized spacial score (nSPS) is 12.2. The third kappa shape index (κ3) is 4.20. The Morgan fingerprint density at radius 3 is 2.37 bits per heavy atom. The number of aromatic nitrogens is 1. The number of carboxylic acids is 1. The summed E-state index contributed by atoms with van der Waals surface area (Å²) in [6.45, 7) is 5.38. The van der Waals surface area contributed by atoms with Gasteiger partial charge in [-0.2, -0.15) is 0 Å². The lowest BCUT2D eigenvalue weighted by Gasteiger charge is -2.23. The van der Waals surface area contributed by atoms with Crippen LogP contribution < -0.4 is 9.47 Å². The molecule has 1 heterocycles. The zero-order chi connectivity index (χ0) is 22.0. The maximum atomic E-state index is 12.2. The molecule has 0 amide bonds. The molecule has 7 heteroatoms. The number of ether oxygens (including phenoxy) is 3. The van der Waals surface area contributed by atoms with E-state index in [0.29, 0.717) is 38.9 Å². The number of nitrogens with zero attached hydrogens (tertiary/aromatic N) is 1.